The number of rotatable bonds is 5. The van der Waals surface area contributed by atoms with Crippen LogP contribution in [0.15, 0.2) is 24.3 Å². The summed E-state index contributed by atoms with van der Waals surface area (Å²) < 4.78 is 32.0. The number of ether oxygens (including phenoxy) is 1. The fraction of sp³-hybridized carbons (Fsp3) is 0.455. The summed E-state index contributed by atoms with van der Waals surface area (Å²) in [5.74, 6) is -2.41. The molecule has 0 fully saturated rings. The molecule has 84 valence electrons. The number of hydrogen-bond acceptors (Lipinski definition) is 2. The van der Waals surface area contributed by atoms with Crippen molar-refractivity contribution < 1.29 is 13.5 Å². The minimum atomic E-state index is -2.86. The van der Waals surface area contributed by atoms with Crippen LogP contribution in [-0.4, -0.2) is 20.2 Å². The van der Waals surface area contributed by atoms with Gasteiger partial charge < -0.3 is 10.1 Å². The highest BCUT2D eigenvalue weighted by Gasteiger charge is 2.30. The highest BCUT2D eigenvalue weighted by molar-refractivity contribution is 5.31. The first-order valence-corrected chi connectivity index (χ1v) is 4.83. The first-order valence-electron chi connectivity index (χ1n) is 4.83. The number of halogens is 2. The van der Waals surface area contributed by atoms with E-state index >= 15 is 0 Å². The molecule has 1 aromatic rings. The Labute approximate surface area is 88.3 Å². The molecule has 0 saturated carbocycles. The van der Waals surface area contributed by atoms with Gasteiger partial charge in [0.2, 0.25) is 0 Å². The van der Waals surface area contributed by atoms with Crippen LogP contribution < -0.4 is 10.1 Å². The van der Waals surface area contributed by atoms with Crippen LogP contribution in [-0.2, 0) is 5.92 Å². The third-order valence-electron chi connectivity index (χ3n) is 2.09. The van der Waals surface area contributed by atoms with Gasteiger partial charge in [0.05, 0.1) is 13.7 Å². The minimum absolute atomic E-state index is 0.0252. The Bertz CT molecular complexity index is 315. The van der Waals surface area contributed by atoms with Gasteiger partial charge in [0, 0.05) is 5.56 Å². The molecule has 0 heterocycles. The Balaban J connectivity index is 2.83. The van der Waals surface area contributed by atoms with Crippen molar-refractivity contribution in [3.8, 4) is 5.75 Å². The van der Waals surface area contributed by atoms with E-state index in [0.29, 0.717) is 12.3 Å². The lowest BCUT2D eigenvalue weighted by Gasteiger charge is -2.17. The van der Waals surface area contributed by atoms with Gasteiger partial charge in [-0.25, -0.2) is 0 Å². The molecule has 1 rings (SSSR count). The van der Waals surface area contributed by atoms with Crippen LogP contribution in [0.4, 0.5) is 8.78 Å². The van der Waals surface area contributed by atoms with E-state index in [0.717, 1.165) is 0 Å². The predicted octanol–water partition coefficient (Wildman–Crippen LogP) is 2.40. The molecule has 1 aromatic carbocycles. The molecule has 1 N–H and O–H groups in total. The lowest BCUT2D eigenvalue weighted by atomic mass is 10.1. The zero-order valence-electron chi connectivity index (χ0n) is 8.89. The van der Waals surface area contributed by atoms with Crippen LogP contribution >= 0.6 is 0 Å². The summed E-state index contributed by atoms with van der Waals surface area (Å²) in [5, 5.41) is 2.63. The van der Waals surface area contributed by atoms with Crippen LogP contribution in [0, 0.1) is 0 Å². The van der Waals surface area contributed by atoms with E-state index in [1.807, 2.05) is 0 Å². The number of hydrogen-bond donors (Lipinski definition) is 1. The molecule has 0 aromatic heterocycles. The van der Waals surface area contributed by atoms with Gasteiger partial charge in [-0.1, -0.05) is 19.1 Å². The molecule has 4 heteroatoms. The van der Waals surface area contributed by atoms with Crippen molar-refractivity contribution in [1.29, 1.82) is 0 Å². The number of benzene rings is 1. The zero-order chi connectivity index (χ0) is 11.3. The Kier molecular flexibility index (Phi) is 4.03. The third kappa shape index (κ3) is 3.16. The Morgan fingerprint density at radius 2 is 2.13 bits per heavy atom. The second kappa shape index (κ2) is 5.07. The summed E-state index contributed by atoms with van der Waals surface area (Å²) in [4.78, 5) is 0. The average molecular weight is 215 g/mol. The van der Waals surface area contributed by atoms with Gasteiger partial charge in [-0.15, -0.1) is 0 Å². The summed E-state index contributed by atoms with van der Waals surface area (Å²) in [6.07, 6.45) is 0. The predicted molar refractivity (Wildman–Crippen MR) is 55.4 cm³/mol. The van der Waals surface area contributed by atoms with Crippen LogP contribution in [0.1, 0.15) is 12.5 Å². The lowest BCUT2D eigenvalue weighted by molar-refractivity contribution is -0.00278. The van der Waals surface area contributed by atoms with Crippen molar-refractivity contribution in [1.82, 2.24) is 5.32 Å². The van der Waals surface area contributed by atoms with Crippen molar-refractivity contribution in [3.63, 3.8) is 0 Å². The highest BCUT2D eigenvalue weighted by atomic mass is 19.3. The summed E-state index contributed by atoms with van der Waals surface area (Å²) >= 11 is 0. The normalized spacial score (nSPS) is 11.5. The van der Waals surface area contributed by atoms with Gasteiger partial charge >= 0.3 is 0 Å². The molecule has 0 unspecified atom stereocenters. The maximum atomic E-state index is 13.5. The third-order valence-corrected chi connectivity index (χ3v) is 2.09. The van der Waals surface area contributed by atoms with Gasteiger partial charge in [0.15, 0.2) is 0 Å². The maximum Gasteiger partial charge on any atom is 0.285 e. The van der Waals surface area contributed by atoms with Crippen molar-refractivity contribution >= 4 is 0 Å². The van der Waals surface area contributed by atoms with Gasteiger partial charge in [0.25, 0.3) is 5.92 Å². The Morgan fingerprint density at radius 3 is 2.73 bits per heavy atom. The number of alkyl halides is 2. The SMILES string of the molecule is CCNCC(F)(F)c1cccc(OC)c1. The van der Waals surface area contributed by atoms with Gasteiger partial charge in [0.1, 0.15) is 5.75 Å². The molecular weight excluding hydrogens is 200 g/mol. The van der Waals surface area contributed by atoms with Crippen molar-refractivity contribution in [2.24, 2.45) is 0 Å². The molecule has 0 atom stereocenters. The molecule has 0 radical (unpaired) electrons. The van der Waals surface area contributed by atoms with Gasteiger partial charge in [-0.2, -0.15) is 8.78 Å². The molecule has 0 bridgehead atoms. The Hall–Kier alpha value is -1.16. The molecule has 0 aliphatic heterocycles. The minimum Gasteiger partial charge on any atom is -0.497 e. The van der Waals surface area contributed by atoms with Crippen LogP contribution in [0.5, 0.6) is 5.75 Å². The standard InChI is InChI=1S/C11H15F2NO/c1-3-14-8-11(12,13)9-5-4-6-10(7-9)15-2/h4-7,14H,3,8H2,1-2H3. The fourth-order valence-corrected chi connectivity index (χ4v) is 1.23. The molecule has 15 heavy (non-hydrogen) atoms. The molecule has 0 spiro atoms. The van der Waals surface area contributed by atoms with E-state index in [4.69, 9.17) is 4.74 Å². The average Bonchev–Trinajstić information content (AvgIpc) is 2.26. The second-order valence-electron chi connectivity index (χ2n) is 3.22. The first kappa shape index (κ1) is 11.9. The first-order chi connectivity index (χ1) is 7.10. The summed E-state index contributed by atoms with van der Waals surface area (Å²) in [6, 6.07) is 5.97. The van der Waals surface area contributed by atoms with Crippen molar-refractivity contribution in [2.45, 2.75) is 12.8 Å². The molecule has 0 amide bonds. The van der Waals surface area contributed by atoms with Crippen LogP contribution in [0.25, 0.3) is 0 Å². The topological polar surface area (TPSA) is 21.3 Å². The van der Waals surface area contributed by atoms with Crippen LogP contribution in [0.2, 0.25) is 0 Å². The van der Waals surface area contributed by atoms with E-state index in [1.54, 1.807) is 19.1 Å². The van der Waals surface area contributed by atoms with Crippen molar-refractivity contribution in [2.75, 3.05) is 20.2 Å². The zero-order valence-corrected chi connectivity index (χ0v) is 8.89. The molecule has 2 nitrogen and oxygen atoms in total. The van der Waals surface area contributed by atoms with E-state index in [2.05, 4.69) is 5.32 Å². The van der Waals surface area contributed by atoms with Gasteiger partial charge in [-0.05, 0) is 18.7 Å². The number of likely N-dealkylation sites (N-methyl/N-ethyl adjacent to an activating group) is 1. The molecular formula is C11H15F2NO. The molecule has 0 aliphatic rings. The Morgan fingerprint density at radius 1 is 1.40 bits per heavy atom. The van der Waals surface area contributed by atoms with E-state index in [1.165, 1.54) is 19.2 Å². The summed E-state index contributed by atoms with van der Waals surface area (Å²) in [6.45, 7) is 1.97. The number of nitrogens with one attached hydrogen (secondary N) is 1. The fourth-order valence-electron chi connectivity index (χ4n) is 1.23. The number of methoxy groups -OCH3 is 1. The summed E-state index contributed by atoms with van der Waals surface area (Å²) in [5.41, 5.74) is -0.0252. The molecule has 0 aliphatic carbocycles. The second-order valence-corrected chi connectivity index (χ2v) is 3.22. The maximum absolute atomic E-state index is 13.5. The van der Waals surface area contributed by atoms with E-state index in [9.17, 15) is 8.78 Å². The molecule has 0 saturated heterocycles. The highest BCUT2D eigenvalue weighted by Crippen LogP contribution is 2.29. The van der Waals surface area contributed by atoms with E-state index < -0.39 is 5.92 Å². The quantitative estimate of drug-likeness (QED) is 0.814. The van der Waals surface area contributed by atoms with E-state index in [-0.39, 0.29) is 12.1 Å². The monoisotopic (exact) mass is 215 g/mol. The summed E-state index contributed by atoms with van der Waals surface area (Å²) in [7, 11) is 1.46. The smallest absolute Gasteiger partial charge is 0.285 e. The van der Waals surface area contributed by atoms with Crippen molar-refractivity contribution in [3.05, 3.63) is 29.8 Å². The van der Waals surface area contributed by atoms with Gasteiger partial charge in [-0.3, -0.25) is 0 Å². The van der Waals surface area contributed by atoms with Crippen LogP contribution in [0.3, 0.4) is 0 Å². The lowest BCUT2D eigenvalue weighted by Crippen LogP contribution is -2.30. The largest absolute Gasteiger partial charge is 0.497 e.